The second kappa shape index (κ2) is 9.05. The van der Waals surface area contributed by atoms with Gasteiger partial charge in [0.1, 0.15) is 0 Å². The van der Waals surface area contributed by atoms with Crippen LogP contribution in [0.3, 0.4) is 0 Å². The van der Waals surface area contributed by atoms with Gasteiger partial charge in [0.15, 0.2) is 5.96 Å². The normalized spacial score (nSPS) is 17.9. The summed E-state index contributed by atoms with van der Waals surface area (Å²) in [6, 6.07) is 4.21. The molecule has 1 aromatic heterocycles. The van der Waals surface area contributed by atoms with Crippen LogP contribution in [-0.2, 0) is 6.54 Å². The number of piperidine rings is 1. The molecular formula is C16H28N4S. The van der Waals surface area contributed by atoms with E-state index in [2.05, 4.69) is 52.0 Å². The number of guanidine groups is 1. The Morgan fingerprint density at radius 3 is 2.86 bits per heavy atom. The van der Waals surface area contributed by atoms with E-state index in [4.69, 9.17) is 0 Å². The first kappa shape index (κ1) is 16.3. The summed E-state index contributed by atoms with van der Waals surface area (Å²) >= 11 is 1.76. The Kier molecular flexibility index (Phi) is 7.03. The average molecular weight is 308 g/mol. The molecule has 0 atom stereocenters. The molecule has 2 heterocycles. The highest BCUT2D eigenvalue weighted by atomic mass is 32.1. The molecule has 0 bridgehead atoms. The van der Waals surface area contributed by atoms with Crippen LogP contribution in [0.5, 0.6) is 0 Å². The van der Waals surface area contributed by atoms with Gasteiger partial charge in [-0.15, -0.1) is 11.3 Å². The maximum absolute atomic E-state index is 4.65. The molecule has 1 aliphatic rings. The van der Waals surface area contributed by atoms with E-state index in [1.165, 1.54) is 37.2 Å². The minimum Gasteiger partial charge on any atom is -0.357 e. The molecule has 1 aromatic rings. The van der Waals surface area contributed by atoms with Gasteiger partial charge in [0, 0.05) is 18.0 Å². The SMILES string of the molecule is CCNC(=NCc1cccs1)NCCC1CCN(C)CC1. The molecule has 2 N–H and O–H groups in total. The number of likely N-dealkylation sites (tertiary alicyclic amines) is 1. The van der Waals surface area contributed by atoms with Gasteiger partial charge in [-0.3, -0.25) is 0 Å². The Balaban J connectivity index is 1.70. The highest BCUT2D eigenvalue weighted by Crippen LogP contribution is 2.18. The van der Waals surface area contributed by atoms with Crippen molar-refractivity contribution in [2.24, 2.45) is 10.9 Å². The predicted molar refractivity (Wildman–Crippen MR) is 92.0 cm³/mol. The van der Waals surface area contributed by atoms with Gasteiger partial charge >= 0.3 is 0 Å². The molecule has 0 radical (unpaired) electrons. The molecule has 0 aliphatic carbocycles. The maximum Gasteiger partial charge on any atom is 0.191 e. The van der Waals surface area contributed by atoms with Crippen LogP contribution in [0.25, 0.3) is 0 Å². The van der Waals surface area contributed by atoms with Crippen molar-refractivity contribution >= 4 is 17.3 Å². The average Bonchev–Trinajstić information content (AvgIpc) is 3.00. The zero-order chi connectivity index (χ0) is 14.9. The fourth-order valence-corrected chi connectivity index (χ4v) is 3.27. The van der Waals surface area contributed by atoms with E-state index in [0.717, 1.165) is 31.5 Å². The molecule has 1 fully saturated rings. The quantitative estimate of drug-likeness (QED) is 0.627. The van der Waals surface area contributed by atoms with Gasteiger partial charge < -0.3 is 15.5 Å². The molecule has 21 heavy (non-hydrogen) atoms. The number of rotatable bonds is 6. The van der Waals surface area contributed by atoms with Crippen molar-refractivity contribution in [3.05, 3.63) is 22.4 Å². The summed E-state index contributed by atoms with van der Waals surface area (Å²) in [6.45, 7) is 7.30. The Morgan fingerprint density at radius 2 is 2.19 bits per heavy atom. The second-order valence-corrected chi connectivity index (χ2v) is 6.77. The molecule has 1 saturated heterocycles. The molecule has 0 spiro atoms. The first-order chi connectivity index (χ1) is 10.3. The third-order valence-corrected chi connectivity index (χ3v) is 4.86. The van der Waals surface area contributed by atoms with E-state index in [1.807, 2.05) is 0 Å². The molecule has 0 amide bonds. The number of aliphatic imine (C=N–C) groups is 1. The number of thiophene rings is 1. The zero-order valence-electron chi connectivity index (χ0n) is 13.3. The van der Waals surface area contributed by atoms with Gasteiger partial charge in [-0.05, 0) is 63.7 Å². The van der Waals surface area contributed by atoms with Crippen LogP contribution < -0.4 is 10.6 Å². The van der Waals surface area contributed by atoms with Crippen molar-refractivity contribution in [1.29, 1.82) is 0 Å². The molecule has 0 unspecified atom stereocenters. The smallest absolute Gasteiger partial charge is 0.191 e. The van der Waals surface area contributed by atoms with Crippen LogP contribution >= 0.6 is 11.3 Å². The molecular weight excluding hydrogens is 280 g/mol. The number of nitrogens with one attached hydrogen (secondary N) is 2. The molecule has 1 aliphatic heterocycles. The lowest BCUT2D eigenvalue weighted by Gasteiger charge is -2.29. The lowest BCUT2D eigenvalue weighted by Crippen LogP contribution is -2.39. The summed E-state index contributed by atoms with van der Waals surface area (Å²) in [5.41, 5.74) is 0. The summed E-state index contributed by atoms with van der Waals surface area (Å²) < 4.78 is 0. The lowest BCUT2D eigenvalue weighted by atomic mass is 9.94. The van der Waals surface area contributed by atoms with E-state index in [0.29, 0.717) is 0 Å². The van der Waals surface area contributed by atoms with Gasteiger partial charge in [0.2, 0.25) is 0 Å². The Labute approximate surface area is 132 Å². The van der Waals surface area contributed by atoms with E-state index < -0.39 is 0 Å². The largest absolute Gasteiger partial charge is 0.357 e. The number of hydrogen-bond donors (Lipinski definition) is 2. The topological polar surface area (TPSA) is 39.7 Å². The number of nitrogens with zero attached hydrogens (tertiary/aromatic N) is 2. The van der Waals surface area contributed by atoms with Crippen LogP contribution in [0, 0.1) is 5.92 Å². The van der Waals surface area contributed by atoms with E-state index in [-0.39, 0.29) is 0 Å². The highest BCUT2D eigenvalue weighted by Gasteiger charge is 2.16. The monoisotopic (exact) mass is 308 g/mol. The van der Waals surface area contributed by atoms with E-state index in [1.54, 1.807) is 11.3 Å². The number of hydrogen-bond acceptors (Lipinski definition) is 3. The molecule has 0 saturated carbocycles. The third-order valence-electron chi connectivity index (χ3n) is 4.00. The van der Waals surface area contributed by atoms with Crippen LogP contribution in [0.15, 0.2) is 22.5 Å². The summed E-state index contributed by atoms with van der Waals surface area (Å²) in [6.07, 6.45) is 3.92. The predicted octanol–water partition coefficient (Wildman–Crippen LogP) is 2.54. The molecule has 2 rings (SSSR count). The van der Waals surface area contributed by atoms with Gasteiger partial charge in [0.25, 0.3) is 0 Å². The van der Waals surface area contributed by atoms with E-state index in [9.17, 15) is 0 Å². The van der Waals surface area contributed by atoms with Crippen LogP contribution in [-0.4, -0.2) is 44.1 Å². The Hall–Kier alpha value is -1.07. The third kappa shape index (κ3) is 6.06. The van der Waals surface area contributed by atoms with Gasteiger partial charge in [-0.1, -0.05) is 6.07 Å². The first-order valence-electron chi connectivity index (χ1n) is 8.01. The van der Waals surface area contributed by atoms with Crippen molar-refractivity contribution in [3.63, 3.8) is 0 Å². The molecule has 4 nitrogen and oxygen atoms in total. The fraction of sp³-hybridized carbons (Fsp3) is 0.688. The van der Waals surface area contributed by atoms with Crippen LogP contribution in [0.4, 0.5) is 0 Å². The molecule has 118 valence electrons. The fourth-order valence-electron chi connectivity index (χ4n) is 2.65. The summed E-state index contributed by atoms with van der Waals surface area (Å²) in [4.78, 5) is 8.38. The molecule has 5 heteroatoms. The van der Waals surface area contributed by atoms with Crippen molar-refractivity contribution in [3.8, 4) is 0 Å². The standard InChI is InChI=1S/C16H28N4S/c1-3-17-16(19-13-15-5-4-12-21-15)18-9-6-14-7-10-20(2)11-8-14/h4-5,12,14H,3,6-11,13H2,1-2H3,(H2,17,18,19). The van der Waals surface area contributed by atoms with Crippen molar-refractivity contribution in [1.82, 2.24) is 15.5 Å². The Bertz CT molecular complexity index is 408. The second-order valence-electron chi connectivity index (χ2n) is 5.74. The first-order valence-corrected chi connectivity index (χ1v) is 8.89. The van der Waals surface area contributed by atoms with Gasteiger partial charge in [-0.25, -0.2) is 4.99 Å². The summed E-state index contributed by atoms with van der Waals surface area (Å²) in [5.74, 6) is 1.81. The van der Waals surface area contributed by atoms with Crippen molar-refractivity contribution < 1.29 is 0 Å². The molecule has 0 aromatic carbocycles. The zero-order valence-corrected chi connectivity index (χ0v) is 14.1. The van der Waals surface area contributed by atoms with Crippen molar-refractivity contribution in [2.75, 3.05) is 33.2 Å². The van der Waals surface area contributed by atoms with Crippen LogP contribution in [0.1, 0.15) is 31.1 Å². The van der Waals surface area contributed by atoms with Crippen molar-refractivity contribution in [2.45, 2.75) is 32.7 Å². The summed E-state index contributed by atoms with van der Waals surface area (Å²) in [7, 11) is 2.22. The van der Waals surface area contributed by atoms with Crippen LogP contribution in [0.2, 0.25) is 0 Å². The highest BCUT2D eigenvalue weighted by molar-refractivity contribution is 7.09. The lowest BCUT2D eigenvalue weighted by molar-refractivity contribution is 0.213. The minimum atomic E-state index is 0.765. The maximum atomic E-state index is 4.65. The minimum absolute atomic E-state index is 0.765. The van der Waals surface area contributed by atoms with E-state index >= 15 is 0 Å². The summed E-state index contributed by atoms with van der Waals surface area (Å²) in [5, 5.41) is 8.90. The van der Waals surface area contributed by atoms with Gasteiger partial charge in [0.05, 0.1) is 6.54 Å². The van der Waals surface area contributed by atoms with Gasteiger partial charge in [-0.2, -0.15) is 0 Å². The Morgan fingerprint density at radius 1 is 1.38 bits per heavy atom.